The zero-order valence-electron chi connectivity index (χ0n) is 10.6. The molecule has 0 heterocycles. The van der Waals surface area contributed by atoms with Crippen LogP contribution in [0.25, 0.3) is 0 Å². The molecule has 0 bridgehead atoms. The molecule has 0 atom stereocenters. The first kappa shape index (κ1) is 21.3. The van der Waals surface area contributed by atoms with Crippen LogP contribution in [0.5, 0.6) is 0 Å². The highest BCUT2D eigenvalue weighted by molar-refractivity contribution is 7.89. The molecule has 128 valence electrons. The van der Waals surface area contributed by atoms with Crippen LogP contribution in [0.4, 0.5) is 22.0 Å². The van der Waals surface area contributed by atoms with E-state index in [9.17, 15) is 30.4 Å². The number of nitrogens with one attached hydrogen (secondary N) is 1. The Balaban J connectivity index is 0.00000441. The molecule has 12 heteroatoms. The minimum atomic E-state index is -4.87. The van der Waals surface area contributed by atoms with Gasteiger partial charge in [0.05, 0.1) is 28.6 Å². The number of nitrogens with two attached hydrogens (primary N) is 1. The van der Waals surface area contributed by atoms with Gasteiger partial charge in [-0.1, -0.05) is 11.6 Å². The summed E-state index contributed by atoms with van der Waals surface area (Å²) >= 11 is 5.33. The lowest BCUT2D eigenvalue weighted by Gasteiger charge is -2.16. The number of benzene rings is 1. The number of hydrogen-bond donors (Lipinski definition) is 2. The third-order valence-electron chi connectivity index (χ3n) is 2.37. The normalized spacial score (nSPS) is 12.9. The van der Waals surface area contributed by atoms with Gasteiger partial charge in [0.2, 0.25) is 10.0 Å². The molecule has 0 fully saturated rings. The van der Waals surface area contributed by atoms with Crippen molar-refractivity contribution in [1.82, 2.24) is 4.72 Å². The highest BCUT2D eigenvalue weighted by Crippen LogP contribution is 2.35. The smallest absolute Gasteiger partial charge is 0.325 e. The van der Waals surface area contributed by atoms with E-state index in [1.807, 2.05) is 0 Å². The molecule has 0 aliphatic heterocycles. The third kappa shape index (κ3) is 5.51. The molecule has 0 saturated carbocycles. The lowest BCUT2D eigenvalue weighted by Crippen LogP contribution is -2.41. The van der Waals surface area contributed by atoms with Crippen molar-refractivity contribution in [3.63, 3.8) is 0 Å². The molecule has 0 aliphatic rings. The van der Waals surface area contributed by atoms with Crippen LogP contribution in [0, 0.1) is 0 Å². The van der Waals surface area contributed by atoms with Crippen LogP contribution in [-0.2, 0) is 16.2 Å². The molecule has 0 saturated heterocycles. The Morgan fingerprint density at radius 1 is 1.18 bits per heavy atom. The third-order valence-corrected chi connectivity index (χ3v) is 4.10. The Labute approximate surface area is 134 Å². The Kier molecular flexibility index (Phi) is 7.04. The standard InChI is InChI=1S/C10H10ClF5N2O2S.ClH/c11-8-2-1-6(3-7(8)10(14,15)16)21(19,20)18-5-9(12,13)4-17;/h1-3,18H,4-5,17H2;1H. The fourth-order valence-electron chi connectivity index (χ4n) is 1.24. The molecule has 0 spiro atoms. The van der Waals surface area contributed by atoms with E-state index in [0.717, 1.165) is 12.1 Å². The summed E-state index contributed by atoms with van der Waals surface area (Å²) in [6.07, 6.45) is -4.87. The van der Waals surface area contributed by atoms with E-state index in [-0.39, 0.29) is 18.5 Å². The van der Waals surface area contributed by atoms with E-state index < -0.39 is 50.7 Å². The van der Waals surface area contributed by atoms with Gasteiger partial charge in [-0.05, 0) is 18.2 Å². The average Bonchev–Trinajstić information content (AvgIpc) is 2.35. The molecule has 4 nitrogen and oxygen atoms in total. The molecule has 3 N–H and O–H groups in total. The van der Waals surface area contributed by atoms with Crippen LogP contribution in [0.2, 0.25) is 5.02 Å². The van der Waals surface area contributed by atoms with Gasteiger partial charge in [0.25, 0.3) is 5.92 Å². The summed E-state index contributed by atoms with van der Waals surface area (Å²) in [4.78, 5) is -0.827. The first-order valence-electron chi connectivity index (χ1n) is 5.33. The van der Waals surface area contributed by atoms with Crippen molar-refractivity contribution in [2.24, 2.45) is 5.73 Å². The van der Waals surface area contributed by atoms with Crippen molar-refractivity contribution in [1.29, 1.82) is 0 Å². The van der Waals surface area contributed by atoms with Gasteiger partial charge in [-0.3, -0.25) is 0 Å². The number of sulfonamides is 1. The van der Waals surface area contributed by atoms with Crippen LogP contribution in [-0.4, -0.2) is 27.4 Å². The SMILES string of the molecule is Cl.NCC(F)(F)CNS(=O)(=O)c1ccc(Cl)c(C(F)(F)F)c1. The maximum Gasteiger partial charge on any atom is 0.417 e. The van der Waals surface area contributed by atoms with E-state index in [1.165, 1.54) is 4.72 Å². The Morgan fingerprint density at radius 2 is 1.73 bits per heavy atom. The van der Waals surface area contributed by atoms with Gasteiger partial charge in [0.1, 0.15) is 0 Å². The van der Waals surface area contributed by atoms with Crippen LogP contribution in [0.1, 0.15) is 5.56 Å². The molecular formula is C10H11Cl2F5N2O2S. The Hall–Kier alpha value is -0.680. The number of hydrogen-bond acceptors (Lipinski definition) is 3. The van der Waals surface area contributed by atoms with Gasteiger partial charge >= 0.3 is 6.18 Å². The van der Waals surface area contributed by atoms with Gasteiger partial charge in [0, 0.05) is 0 Å². The minimum absolute atomic E-state index is 0. The predicted molar refractivity (Wildman–Crippen MR) is 72.9 cm³/mol. The lowest BCUT2D eigenvalue weighted by atomic mass is 10.2. The van der Waals surface area contributed by atoms with E-state index in [2.05, 4.69) is 0 Å². The zero-order valence-corrected chi connectivity index (χ0v) is 13.0. The summed E-state index contributed by atoms with van der Waals surface area (Å²) in [7, 11) is -4.55. The van der Waals surface area contributed by atoms with Crippen molar-refractivity contribution in [3.05, 3.63) is 28.8 Å². The largest absolute Gasteiger partial charge is 0.417 e. The summed E-state index contributed by atoms with van der Waals surface area (Å²) in [5.41, 5.74) is 3.35. The summed E-state index contributed by atoms with van der Waals surface area (Å²) in [5, 5.41) is -0.700. The summed E-state index contributed by atoms with van der Waals surface area (Å²) in [6, 6.07) is 1.77. The monoisotopic (exact) mass is 388 g/mol. The van der Waals surface area contributed by atoms with Gasteiger partial charge in [-0.25, -0.2) is 21.9 Å². The van der Waals surface area contributed by atoms with Gasteiger partial charge in [-0.15, -0.1) is 12.4 Å². The van der Waals surface area contributed by atoms with Gasteiger partial charge < -0.3 is 5.73 Å². The second kappa shape index (κ2) is 7.26. The topological polar surface area (TPSA) is 72.2 Å². The van der Waals surface area contributed by atoms with Crippen LogP contribution in [0.3, 0.4) is 0 Å². The summed E-state index contributed by atoms with van der Waals surface area (Å²) in [5.74, 6) is -3.51. The summed E-state index contributed by atoms with van der Waals surface area (Å²) < 4.78 is 88.5. The molecule has 22 heavy (non-hydrogen) atoms. The molecule has 0 aliphatic carbocycles. The number of halogens is 7. The molecule has 1 rings (SSSR count). The number of rotatable bonds is 5. The molecule has 0 aromatic heterocycles. The lowest BCUT2D eigenvalue weighted by molar-refractivity contribution is -0.137. The maximum atomic E-state index is 12.9. The van der Waals surface area contributed by atoms with Crippen molar-refractivity contribution in [3.8, 4) is 0 Å². The van der Waals surface area contributed by atoms with Crippen LogP contribution < -0.4 is 10.5 Å². The molecule has 0 unspecified atom stereocenters. The van der Waals surface area contributed by atoms with Crippen molar-refractivity contribution < 1.29 is 30.4 Å². The molecule has 1 aromatic rings. The van der Waals surface area contributed by atoms with E-state index in [0.29, 0.717) is 0 Å². The molecular weight excluding hydrogens is 378 g/mol. The first-order valence-corrected chi connectivity index (χ1v) is 7.19. The zero-order chi connectivity index (χ0) is 16.5. The quantitative estimate of drug-likeness (QED) is 0.761. The minimum Gasteiger partial charge on any atom is -0.325 e. The van der Waals surface area contributed by atoms with E-state index >= 15 is 0 Å². The number of alkyl halides is 5. The highest BCUT2D eigenvalue weighted by Gasteiger charge is 2.35. The second-order valence-corrected chi connectivity index (χ2v) is 6.20. The Bertz CT molecular complexity index is 622. The van der Waals surface area contributed by atoms with Gasteiger partial charge in [-0.2, -0.15) is 13.2 Å². The Morgan fingerprint density at radius 3 is 2.18 bits per heavy atom. The molecule has 0 amide bonds. The fraction of sp³-hybridized carbons (Fsp3) is 0.400. The molecule has 0 radical (unpaired) electrons. The van der Waals surface area contributed by atoms with Crippen LogP contribution >= 0.6 is 24.0 Å². The maximum absolute atomic E-state index is 12.9. The second-order valence-electron chi connectivity index (χ2n) is 4.02. The van der Waals surface area contributed by atoms with E-state index in [1.54, 1.807) is 0 Å². The average molecular weight is 389 g/mol. The van der Waals surface area contributed by atoms with Crippen molar-refractivity contribution >= 4 is 34.0 Å². The summed E-state index contributed by atoms with van der Waals surface area (Å²) in [6.45, 7) is -2.43. The van der Waals surface area contributed by atoms with Crippen molar-refractivity contribution in [2.75, 3.05) is 13.1 Å². The first-order chi connectivity index (χ1) is 9.39. The van der Waals surface area contributed by atoms with Gasteiger partial charge in [0.15, 0.2) is 0 Å². The molecule has 1 aromatic carbocycles. The van der Waals surface area contributed by atoms with Crippen LogP contribution in [0.15, 0.2) is 23.1 Å². The fourth-order valence-corrected chi connectivity index (χ4v) is 2.56. The van der Waals surface area contributed by atoms with E-state index in [4.69, 9.17) is 17.3 Å². The van der Waals surface area contributed by atoms with Crippen molar-refractivity contribution in [2.45, 2.75) is 17.0 Å². The highest BCUT2D eigenvalue weighted by atomic mass is 35.5. The predicted octanol–water partition coefficient (Wildman–Crippen LogP) is 2.65.